The Bertz CT molecular complexity index is 512. The van der Waals surface area contributed by atoms with Gasteiger partial charge in [0.1, 0.15) is 0 Å². The van der Waals surface area contributed by atoms with Gasteiger partial charge in [-0.25, -0.2) is 0 Å². The first-order valence-corrected chi connectivity index (χ1v) is 7.07. The molecule has 22 heavy (non-hydrogen) atoms. The second-order valence-corrected chi connectivity index (χ2v) is 5.40. The summed E-state index contributed by atoms with van der Waals surface area (Å²) in [6.07, 6.45) is -3.65. The van der Waals surface area contributed by atoms with Gasteiger partial charge in [0, 0.05) is 12.2 Å². The van der Waals surface area contributed by atoms with Crippen LogP contribution in [0.2, 0.25) is 0 Å². The zero-order valence-electron chi connectivity index (χ0n) is 13.2. The molecule has 0 unspecified atom stereocenters. The van der Waals surface area contributed by atoms with Crippen LogP contribution < -0.4 is 11.1 Å². The Morgan fingerprint density at radius 3 is 2.55 bits per heavy atom. The van der Waals surface area contributed by atoms with E-state index >= 15 is 0 Å². The second-order valence-electron chi connectivity index (χ2n) is 5.40. The maximum Gasteiger partial charge on any atom is 0.401 e. The SMILES string of the molecule is Cc1ccc(NC(N)=NCCCN(C)CC(F)(F)F)cc1C. The van der Waals surface area contributed by atoms with Gasteiger partial charge in [0.25, 0.3) is 0 Å². The van der Waals surface area contributed by atoms with Crippen LogP contribution in [-0.4, -0.2) is 43.7 Å². The molecule has 124 valence electrons. The minimum absolute atomic E-state index is 0.265. The lowest BCUT2D eigenvalue weighted by Gasteiger charge is -2.17. The monoisotopic (exact) mass is 316 g/mol. The molecule has 0 aromatic heterocycles. The number of aliphatic imine (C=N–C) groups is 1. The zero-order valence-corrected chi connectivity index (χ0v) is 13.2. The maximum atomic E-state index is 12.1. The molecule has 1 aromatic carbocycles. The third-order valence-electron chi connectivity index (χ3n) is 3.21. The lowest BCUT2D eigenvalue weighted by molar-refractivity contribution is -0.143. The van der Waals surface area contributed by atoms with Gasteiger partial charge < -0.3 is 11.1 Å². The lowest BCUT2D eigenvalue weighted by Crippen LogP contribution is -2.32. The third kappa shape index (κ3) is 7.31. The van der Waals surface area contributed by atoms with Crippen LogP contribution in [0, 0.1) is 13.8 Å². The van der Waals surface area contributed by atoms with Crippen molar-refractivity contribution in [1.82, 2.24) is 4.90 Å². The highest BCUT2D eigenvalue weighted by atomic mass is 19.4. The molecule has 0 heterocycles. The van der Waals surface area contributed by atoms with Crippen LogP contribution in [0.15, 0.2) is 23.2 Å². The van der Waals surface area contributed by atoms with Crippen LogP contribution in [0.1, 0.15) is 17.5 Å². The van der Waals surface area contributed by atoms with Crippen molar-refractivity contribution in [2.24, 2.45) is 10.7 Å². The topological polar surface area (TPSA) is 53.6 Å². The quantitative estimate of drug-likeness (QED) is 0.482. The van der Waals surface area contributed by atoms with Crippen molar-refractivity contribution in [3.8, 4) is 0 Å². The summed E-state index contributed by atoms with van der Waals surface area (Å²) in [5, 5.41) is 2.97. The second kappa shape index (κ2) is 8.03. The first-order chi connectivity index (χ1) is 10.2. The number of alkyl halides is 3. The fraction of sp³-hybridized carbons (Fsp3) is 0.533. The normalized spacial score (nSPS) is 12.8. The van der Waals surface area contributed by atoms with E-state index in [1.165, 1.54) is 17.5 Å². The number of nitrogens with one attached hydrogen (secondary N) is 1. The Morgan fingerprint density at radius 2 is 1.95 bits per heavy atom. The summed E-state index contributed by atoms with van der Waals surface area (Å²) < 4.78 is 36.4. The van der Waals surface area contributed by atoms with Crippen LogP contribution in [0.5, 0.6) is 0 Å². The minimum atomic E-state index is -4.16. The number of rotatable bonds is 6. The van der Waals surface area contributed by atoms with Gasteiger partial charge in [0.2, 0.25) is 0 Å². The first kappa shape index (κ1) is 18.3. The zero-order chi connectivity index (χ0) is 16.8. The van der Waals surface area contributed by atoms with E-state index in [0.717, 1.165) is 11.3 Å². The summed E-state index contributed by atoms with van der Waals surface area (Å²) in [6, 6.07) is 5.85. The van der Waals surface area contributed by atoms with E-state index in [0.29, 0.717) is 19.5 Å². The summed E-state index contributed by atoms with van der Waals surface area (Å²) in [5.74, 6) is 0.265. The van der Waals surface area contributed by atoms with E-state index in [9.17, 15) is 13.2 Å². The number of guanidine groups is 1. The van der Waals surface area contributed by atoms with Crippen LogP contribution in [0.4, 0.5) is 18.9 Å². The molecule has 4 nitrogen and oxygen atoms in total. The average molecular weight is 316 g/mol. The number of hydrogen-bond acceptors (Lipinski definition) is 2. The Morgan fingerprint density at radius 1 is 1.27 bits per heavy atom. The smallest absolute Gasteiger partial charge is 0.370 e. The summed E-state index contributed by atoms with van der Waals surface area (Å²) in [5.41, 5.74) is 8.94. The summed E-state index contributed by atoms with van der Waals surface area (Å²) in [7, 11) is 1.44. The van der Waals surface area contributed by atoms with Crippen molar-refractivity contribution in [2.45, 2.75) is 26.4 Å². The van der Waals surface area contributed by atoms with Gasteiger partial charge in [0.05, 0.1) is 6.54 Å². The number of nitrogens with zero attached hydrogens (tertiary/aromatic N) is 2. The predicted octanol–water partition coefficient (Wildman–Crippen LogP) is 2.91. The average Bonchev–Trinajstić information content (AvgIpc) is 2.37. The molecule has 7 heteroatoms. The van der Waals surface area contributed by atoms with Crippen molar-refractivity contribution in [3.05, 3.63) is 29.3 Å². The van der Waals surface area contributed by atoms with E-state index in [1.807, 2.05) is 32.0 Å². The minimum Gasteiger partial charge on any atom is -0.370 e. The number of halogens is 3. The first-order valence-electron chi connectivity index (χ1n) is 7.07. The van der Waals surface area contributed by atoms with Gasteiger partial charge in [-0.2, -0.15) is 13.2 Å². The molecule has 0 aliphatic heterocycles. The highest BCUT2D eigenvalue weighted by Gasteiger charge is 2.28. The number of nitrogens with two attached hydrogens (primary N) is 1. The van der Waals surface area contributed by atoms with Crippen molar-refractivity contribution in [1.29, 1.82) is 0 Å². The molecular weight excluding hydrogens is 293 g/mol. The van der Waals surface area contributed by atoms with Crippen molar-refractivity contribution in [3.63, 3.8) is 0 Å². The molecule has 0 spiro atoms. The van der Waals surface area contributed by atoms with E-state index in [-0.39, 0.29) is 5.96 Å². The molecule has 0 atom stereocenters. The molecule has 0 fully saturated rings. The van der Waals surface area contributed by atoms with Gasteiger partial charge in [0.15, 0.2) is 5.96 Å². The van der Waals surface area contributed by atoms with E-state index in [1.54, 1.807) is 0 Å². The molecule has 0 bridgehead atoms. The molecule has 0 aliphatic rings. The molecular formula is C15H23F3N4. The lowest BCUT2D eigenvalue weighted by atomic mass is 10.1. The fourth-order valence-electron chi connectivity index (χ4n) is 1.93. The van der Waals surface area contributed by atoms with Gasteiger partial charge in [-0.3, -0.25) is 9.89 Å². The highest BCUT2D eigenvalue weighted by molar-refractivity contribution is 5.92. The Labute approximate surface area is 129 Å². The van der Waals surface area contributed by atoms with E-state index in [4.69, 9.17) is 5.73 Å². The van der Waals surface area contributed by atoms with Crippen molar-refractivity contribution >= 4 is 11.6 Å². The van der Waals surface area contributed by atoms with E-state index < -0.39 is 12.7 Å². The third-order valence-corrected chi connectivity index (χ3v) is 3.21. The van der Waals surface area contributed by atoms with Gasteiger partial charge in [-0.05, 0) is 57.1 Å². The summed E-state index contributed by atoms with van der Waals surface area (Å²) in [4.78, 5) is 5.34. The van der Waals surface area contributed by atoms with Crippen molar-refractivity contribution < 1.29 is 13.2 Å². The molecule has 0 radical (unpaired) electrons. The van der Waals surface area contributed by atoms with Crippen molar-refractivity contribution in [2.75, 3.05) is 32.0 Å². The Kier molecular flexibility index (Phi) is 6.67. The molecule has 0 aliphatic carbocycles. The molecule has 1 rings (SSSR count). The van der Waals surface area contributed by atoms with Gasteiger partial charge >= 0.3 is 6.18 Å². The summed E-state index contributed by atoms with van der Waals surface area (Å²) in [6.45, 7) is 3.82. The summed E-state index contributed by atoms with van der Waals surface area (Å²) >= 11 is 0. The van der Waals surface area contributed by atoms with E-state index in [2.05, 4.69) is 10.3 Å². The Balaban J connectivity index is 2.35. The number of anilines is 1. The van der Waals surface area contributed by atoms with Crippen LogP contribution in [0.25, 0.3) is 0 Å². The molecule has 0 saturated carbocycles. The number of benzene rings is 1. The molecule has 3 N–H and O–H groups in total. The van der Waals surface area contributed by atoms with Crippen LogP contribution in [0.3, 0.4) is 0 Å². The van der Waals surface area contributed by atoms with Gasteiger partial charge in [-0.1, -0.05) is 6.07 Å². The number of aryl methyl sites for hydroxylation is 2. The van der Waals surface area contributed by atoms with Crippen LogP contribution >= 0.6 is 0 Å². The number of hydrogen-bond donors (Lipinski definition) is 2. The molecule has 1 aromatic rings. The highest BCUT2D eigenvalue weighted by Crippen LogP contribution is 2.15. The molecule has 0 amide bonds. The van der Waals surface area contributed by atoms with Crippen LogP contribution in [-0.2, 0) is 0 Å². The standard InChI is InChI=1S/C15H23F3N4/c1-11-5-6-13(9-12(11)2)21-14(19)20-7-4-8-22(3)10-15(16,17)18/h5-6,9H,4,7-8,10H2,1-3H3,(H3,19,20,21). The predicted molar refractivity (Wildman–Crippen MR) is 84.2 cm³/mol. The van der Waals surface area contributed by atoms with Gasteiger partial charge in [-0.15, -0.1) is 0 Å². The maximum absolute atomic E-state index is 12.1. The molecule has 0 saturated heterocycles. The largest absolute Gasteiger partial charge is 0.401 e. The fourth-order valence-corrected chi connectivity index (χ4v) is 1.93. The Hall–Kier alpha value is -1.76.